The predicted octanol–water partition coefficient (Wildman–Crippen LogP) is 5.82. The Morgan fingerprint density at radius 3 is 2.41 bits per heavy atom. The lowest BCUT2D eigenvalue weighted by Gasteiger charge is -2.25. The first kappa shape index (κ1) is 13.9. The van der Waals surface area contributed by atoms with Gasteiger partial charge in [-0.2, -0.15) is 0 Å². The van der Waals surface area contributed by atoms with Gasteiger partial charge in [0.2, 0.25) is 0 Å². The minimum atomic E-state index is -0.366. The minimum Gasteiger partial charge on any atom is -0.490 e. The quantitative estimate of drug-likeness (QED) is 0.591. The number of hydrogen-bond acceptors (Lipinski definition) is 2. The lowest BCUT2D eigenvalue weighted by atomic mass is 9.86. The molecule has 1 aliphatic rings. The fraction of sp³-hybridized carbons (Fsp3) is 0.333. The van der Waals surface area contributed by atoms with Gasteiger partial charge in [-0.25, -0.2) is 8.78 Å². The average Bonchev–Trinajstić information content (AvgIpc) is 2.84. The third kappa shape index (κ3) is 2.09. The summed E-state index contributed by atoms with van der Waals surface area (Å²) >= 11 is 1.17. The van der Waals surface area contributed by atoms with Gasteiger partial charge >= 0.3 is 0 Å². The van der Waals surface area contributed by atoms with Crippen LogP contribution >= 0.6 is 11.3 Å². The number of benzene rings is 2. The average molecular weight is 318 g/mol. The van der Waals surface area contributed by atoms with E-state index in [1.807, 2.05) is 12.1 Å². The Morgan fingerprint density at radius 1 is 1.05 bits per heavy atom. The number of thiophene rings is 1. The molecule has 4 rings (SSSR count). The van der Waals surface area contributed by atoms with E-state index in [1.165, 1.54) is 17.8 Å². The van der Waals surface area contributed by atoms with E-state index in [2.05, 4.69) is 0 Å². The van der Waals surface area contributed by atoms with Crippen LogP contribution in [0.5, 0.6) is 5.75 Å². The van der Waals surface area contributed by atoms with Crippen LogP contribution in [0.4, 0.5) is 8.78 Å². The maximum absolute atomic E-state index is 14.7. The van der Waals surface area contributed by atoms with Crippen molar-refractivity contribution in [3.05, 3.63) is 41.5 Å². The van der Waals surface area contributed by atoms with Crippen molar-refractivity contribution in [2.45, 2.75) is 26.2 Å². The van der Waals surface area contributed by atoms with E-state index in [0.29, 0.717) is 27.5 Å². The third-order valence-electron chi connectivity index (χ3n) is 4.55. The fourth-order valence-corrected chi connectivity index (χ4v) is 4.12. The molecule has 1 saturated carbocycles. The Kier molecular flexibility index (Phi) is 3.30. The van der Waals surface area contributed by atoms with Gasteiger partial charge in [0.15, 0.2) is 11.6 Å². The molecule has 0 bridgehead atoms. The molecule has 0 N–H and O–H groups in total. The van der Waals surface area contributed by atoms with Crippen LogP contribution in [0.2, 0.25) is 0 Å². The zero-order valence-electron chi connectivity index (χ0n) is 12.3. The Balaban J connectivity index is 1.80. The molecule has 0 aliphatic heterocycles. The molecular weight excluding hydrogens is 302 g/mol. The van der Waals surface area contributed by atoms with Gasteiger partial charge in [-0.15, -0.1) is 11.3 Å². The Morgan fingerprint density at radius 2 is 1.73 bits per heavy atom. The fourth-order valence-electron chi connectivity index (χ4n) is 2.90. The van der Waals surface area contributed by atoms with Crippen molar-refractivity contribution >= 4 is 31.5 Å². The molecule has 1 fully saturated rings. The van der Waals surface area contributed by atoms with E-state index in [4.69, 9.17) is 4.74 Å². The van der Waals surface area contributed by atoms with Gasteiger partial charge in [0.1, 0.15) is 5.82 Å². The van der Waals surface area contributed by atoms with E-state index in [1.54, 1.807) is 19.1 Å². The molecule has 0 atom stereocenters. The minimum absolute atomic E-state index is 0.255. The molecule has 1 nitrogen and oxygen atoms in total. The van der Waals surface area contributed by atoms with Crippen LogP contribution in [-0.4, -0.2) is 6.61 Å². The molecule has 1 heterocycles. The highest BCUT2D eigenvalue weighted by molar-refractivity contribution is 7.25. The molecule has 1 aliphatic carbocycles. The van der Waals surface area contributed by atoms with Crippen LogP contribution in [0.3, 0.4) is 0 Å². The summed E-state index contributed by atoms with van der Waals surface area (Å²) in [5.41, 5.74) is 0.584. The molecule has 0 amide bonds. The maximum Gasteiger partial charge on any atom is 0.182 e. The molecule has 3 aromatic rings. The second-order valence-electron chi connectivity index (χ2n) is 6.04. The summed E-state index contributed by atoms with van der Waals surface area (Å²) in [7, 11) is 0. The monoisotopic (exact) mass is 318 g/mol. The summed E-state index contributed by atoms with van der Waals surface area (Å²) in [5, 5.41) is 1.53. The molecule has 114 valence electrons. The van der Waals surface area contributed by atoms with Crippen LogP contribution in [0.15, 0.2) is 24.3 Å². The van der Waals surface area contributed by atoms with Crippen molar-refractivity contribution in [2.75, 3.05) is 6.61 Å². The predicted molar refractivity (Wildman–Crippen MR) is 86.8 cm³/mol. The Labute approximate surface area is 131 Å². The van der Waals surface area contributed by atoms with Crippen molar-refractivity contribution in [3.63, 3.8) is 0 Å². The first-order chi connectivity index (χ1) is 10.6. The highest BCUT2D eigenvalue weighted by Gasteiger charge is 2.20. The van der Waals surface area contributed by atoms with E-state index in [-0.39, 0.29) is 17.4 Å². The second kappa shape index (κ2) is 5.20. The van der Waals surface area contributed by atoms with Gasteiger partial charge in [0.05, 0.1) is 16.0 Å². The number of halogens is 2. The number of ether oxygens (including phenoxy) is 1. The molecule has 4 heteroatoms. The van der Waals surface area contributed by atoms with Crippen molar-refractivity contribution in [1.82, 2.24) is 0 Å². The number of rotatable bonds is 3. The summed E-state index contributed by atoms with van der Waals surface area (Å²) in [4.78, 5) is 0. The highest BCUT2D eigenvalue weighted by Crippen LogP contribution is 2.40. The van der Waals surface area contributed by atoms with Crippen LogP contribution in [0, 0.1) is 24.5 Å². The van der Waals surface area contributed by atoms with Gasteiger partial charge in [-0.3, -0.25) is 0 Å². The largest absolute Gasteiger partial charge is 0.490 e. The summed E-state index contributed by atoms with van der Waals surface area (Å²) in [5.74, 6) is 0.214. The van der Waals surface area contributed by atoms with Gasteiger partial charge in [-0.1, -0.05) is 18.6 Å². The molecule has 1 aromatic heterocycles. The molecular formula is C18H16F2OS. The highest BCUT2D eigenvalue weighted by atomic mass is 32.1. The van der Waals surface area contributed by atoms with E-state index < -0.39 is 0 Å². The van der Waals surface area contributed by atoms with Gasteiger partial charge in [-0.05, 0) is 43.4 Å². The van der Waals surface area contributed by atoms with Crippen molar-refractivity contribution in [2.24, 2.45) is 5.92 Å². The molecule has 0 saturated heterocycles. The van der Waals surface area contributed by atoms with E-state index >= 15 is 0 Å². The topological polar surface area (TPSA) is 9.23 Å². The summed E-state index contributed by atoms with van der Waals surface area (Å²) < 4.78 is 35.5. The Hall–Kier alpha value is -1.68. The lowest BCUT2D eigenvalue weighted by Crippen LogP contribution is -2.19. The van der Waals surface area contributed by atoms with E-state index in [0.717, 1.165) is 23.6 Å². The second-order valence-corrected chi connectivity index (χ2v) is 7.06. The summed E-state index contributed by atoms with van der Waals surface area (Å²) in [6.45, 7) is 2.30. The molecule has 0 radical (unpaired) electrons. The van der Waals surface area contributed by atoms with Crippen molar-refractivity contribution < 1.29 is 13.5 Å². The van der Waals surface area contributed by atoms with Crippen molar-refractivity contribution in [3.8, 4) is 5.75 Å². The molecule has 0 unspecified atom stereocenters. The summed E-state index contributed by atoms with van der Waals surface area (Å²) in [6, 6.07) is 7.10. The first-order valence-electron chi connectivity index (χ1n) is 7.58. The standard InChI is InChI=1S/C18H16F2OS/c1-10-5-6-12-13-7-8-14(21-9-11-3-2-4-11)16(20)18(13)22-17(12)15(10)19/h5-8,11H,2-4,9H2,1H3. The number of hydrogen-bond donors (Lipinski definition) is 0. The number of aryl methyl sites for hydroxylation is 1. The normalized spacial score (nSPS) is 15.4. The van der Waals surface area contributed by atoms with Crippen LogP contribution in [-0.2, 0) is 0 Å². The zero-order valence-corrected chi connectivity index (χ0v) is 13.1. The molecule has 2 aromatic carbocycles. The number of fused-ring (bicyclic) bond motifs is 3. The lowest BCUT2D eigenvalue weighted by molar-refractivity contribution is 0.176. The third-order valence-corrected chi connectivity index (χ3v) is 5.75. The van der Waals surface area contributed by atoms with Crippen molar-refractivity contribution in [1.29, 1.82) is 0 Å². The van der Waals surface area contributed by atoms with Crippen LogP contribution in [0.25, 0.3) is 20.2 Å². The molecule has 0 spiro atoms. The Bertz CT molecular complexity index is 865. The van der Waals surface area contributed by atoms with Crippen LogP contribution < -0.4 is 4.74 Å². The van der Waals surface area contributed by atoms with Gasteiger partial charge in [0.25, 0.3) is 0 Å². The van der Waals surface area contributed by atoms with E-state index in [9.17, 15) is 8.78 Å². The maximum atomic E-state index is 14.7. The summed E-state index contributed by atoms with van der Waals surface area (Å²) in [6.07, 6.45) is 3.57. The van der Waals surface area contributed by atoms with Crippen LogP contribution in [0.1, 0.15) is 24.8 Å². The SMILES string of the molecule is Cc1ccc2c(sc3c(F)c(OCC4CCC4)ccc32)c1F. The molecule has 22 heavy (non-hydrogen) atoms. The first-order valence-corrected chi connectivity index (χ1v) is 8.39. The smallest absolute Gasteiger partial charge is 0.182 e. The van der Waals surface area contributed by atoms with Gasteiger partial charge < -0.3 is 4.74 Å². The van der Waals surface area contributed by atoms with Gasteiger partial charge in [0, 0.05) is 10.8 Å². The zero-order chi connectivity index (χ0) is 15.3.